The van der Waals surface area contributed by atoms with E-state index in [1.54, 1.807) is 29.5 Å². The third kappa shape index (κ3) is 5.54. The monoisotopic (exact) mass is 441 g/mol. The molecule has 0 bridgehead atoms. The summed E-state index contributed by atoms with van der Waals surface area (Å²) >= 11 is 1.64. The molecule has 0 aliphatic carbocycles. The first-order valence-electron chi connectivity index (χ1n) is 9.83. The van der Waals surface area contributed by atoms with Crippen LogP contribution in [0.2, 0.25) is 0 Å². The maximum absolute atomic E-state index is 12.7. The molecule has 2 aromatic carbocycles. The molecule has 0 aliphatic heterocycles. The largest absolute Gasteiger partial charge is 0.494 e. The number of carbonyl (C=O) groups is 1. The SMILES string of the molecule is CCCC(C)(Cc1ccc(C(=O)Nc2cc(-c3cccs3)ccc2N)cc1)O[PH+]=O. The molecule has 0 radical (unpaired) electrons. The number of nitrogen functional groups attached to an aromatic ring is 1. The van der Waals surface area contributed by atoms with Gasteiger partial charge in [-0.15, -0.1) is 15.9 Å². The van der Waals surface area contributed by atoms with Gasteiger partial charge < -0.3 is 11.1 Å². The number of nitrogens with one attached hydrogen (secondary N) is 1. The first kappa shape index (κ1) is 22.2. The van der Waals surface area contributed by atoms with Crippen LogP contribution in [0, 0.1) is 0 Å². The van der Waals surface area contributed by atoms with Crippen molar-refractivity contribution in [3.8, 4) is 10.4 Å². The third-order valence-corrected chi connectivity index (χ3v) is 6.46. The van der Waals surface area contributed by atoms with E-state index in [-0.39, 0.29) is 5.91 Å². The molecule has 3 aromatic rings. The molecule has 2 atom stereocenters. The molecule has 3 N–H and O–H groups in total. The summed E-state index contributed by atoms with van der Waals surface area (Å²) in [5, 5.41) is 4.93. The third-order valence-electron chi connectivity index (χ3n) is 4.97. The van der Waals surface area contributed by atoms with E-state index >= 15 is 0 Å². The first-order valence-corrected chi connectivity index (χ1v) is 11.5. The highest BCUT2D eigenvalue weighted by atomic mass is 32.1. The Morgan fingerprint density at radius 2 is 1.97 bits per heavy atom. The average molecular weight is 442 g/mol. The number of nitrogens with two attached hydrogens (primary N) is 1. The zero-order valence-corrected chi connectivity index (χ0v) is 18.9. The van der Waals surface area contributed by atoms with E-state index in [1.807, 2.05) is 48.7 Å². The van der Waals surface area contributed by atoms with E-state index in [4.69, 9.17) is 10.3 Å². The van der Waals surface area contributed by atoms with Gasteiger partial charge in [-0.1, -0.05) is 37.6 Å². The van der Waals surface area contributed by atoms with Gasteiger partial charge in [0.05, 0.1) is 11.4 Å². The number of benzene rings is 2. The molecule has 0 saturated carbocycles. The molecule has 2 unspecified atom stereocenters. The summed E-state index contributed by atoms with van der Waals surface area (Å²) in [6.45, 7) is 4.04. The second-order valence-corrected chi connectivity index (χ2v) is 8.81. The fourth-order valence-corrected chi connectivity index (χ4v) is 4.57. The number of carbonyl (C=O) groups excluding carboxylic acids is 1. The highest BCUT2D eigenvalue weighted by Gasteiger charge is 2.29. The van der Waals surface area contributed by atoms with E-state index in [0.717, 1.165) is 28.8 Å². The zero-order valence-electron chi connectivity index (χ0n) is 17.1. The topological polar surface area (TPSA) is 81.4 Å². The molecule has 30 heavy (non-hydrogen) atoms. The number of anilines is 2. The summed E-state index contributed by atoms with van der Waals surface area (Å²) in [6, 6.07) is 17.1. The lowest BCUT2D eigenvalue weighted by Gasteiger charge is -2.22. The van der Waals surface area contributed by atoms with Gasteiger partial charge in [0.25, 0.3) is 5.91 Å². The highest BCUT2D eigenvalue weighted by molar-refractivity contribution is 7.17. The van der Waals surface area contributed by atoms with Gasteiger partial charge in [0.15, 0.2) is 0 Å². The van der Waals surface area contributed by atoms with Crippen LogP contribution in [0.3, 0.4) is 0 Å². The lowest BCUT2D eigenvalue weighted by Crippen LogP contribution is -2.28. The van der Waals surface area contributed by atoms with Crippen molar-refractivity contribution in [2.45, 2.75) is 38.7 Å². The Labute approximate surface area is 182 Å². The Hall–Kier alpha value is -2.53. The van der Waals surface area contributed by atoms with E-state index in [9.17, 15) is 9.36 Å². The summed E-state index contributed by atoms with van der Waals surface area (Å²) in [7, 11) is -0.788. The Bertz CT molecular complexity index is 1010. The number of thiophene rings is 1. The van der Waals surface area contributed by atoms with E-state index in [0.29, 0.717) is 23.4 Å². The van der Waals surface area contributed by atoms with Gasteiger partial charge in [-0.2, -0.15) is 0 Å². The number of rotatable bonds is 9. The van der Waals surface area contributed by atoms with Crippen molar-refractivity contribution < 1.29 is 13.9 Å². The van der Waals surface area contributed by atoms with Crippen LogP contribution in [-0.4, -0.2) is 11.5 Å². The highest BCUT2D eigenvalue weighted by Crippen LogP contribution is 2.31. The molecule has 1 heterocycles. The second-order valence-electron chi connectivity index (χ2n) is 7.49. The predicted octanol–water partition coefficient (Wildman–Crippen LogP) is 6.31. The van der Waals surface area contributed by atoms with Crippen molar-refractivity contribution in [1.82, 2.24) is 0 Å². The van der Waals surface area contributed by atoms with Gasteiger partial charge in [-0.3, -0.25) is 4.79 Å². The van der Waals surface area contributed by atoms with Gasteiger partial charge in [0.1, 0.15) is 5.60 Å². The molecule has 1 aromatic heterocycles. The molecule has 0 spiro atoms. The maximum atomic E-state index is 12.7. The normalized spacial score (nSPS) is 13.1. The lowest BCUT2D eigenvalue weighted by molar-refractivity contribution is 0.0949. The summed E-state index contributed by atoms with van der Waals surface area (Å²) in [5.74, 6) is -0.217. The van der Waals surface area contributed by atoms with Crippen LogP contribution in [0.1, 0.15) is 42.6 Å². The van der Waals surface area contributed by atoms with Crippen molar-refractivity contribution in [3.63, 3.8) is 0 Å². The molecule has 7 heteroatoms. The van der Waals surface area contributed by atoms with E-state index < -0.39 is 14.3 Å². The van der Waals surface area contributed by atoms with Crippen molar-refractivity contribution in [1.29, 1.82) is 0 Å². The first-order chi connectivity index (χ1) is 14.4. The van der Waals surface area contributed by atoms with Crippen LogP contribution in [0.4, 0.5) is 11.4 Å². The second kappa shape index (κ2) is 9.98. The summed E-state index contributed by atoms with van der Waals surface area (Å²) < 4.78 is 16.5. The Kier molecular flexibility index (Phi) is 7.38. The summed E-state index contributed by atoms with van der Waals surface area (Å²) in [6.07, 6.45) is 2.38. The van der Waals surface area contributed by atoms with E-state index in [2.05, 4.69) is 12.2 Å². The van der Waals surface area contributed by atoms with Crippen molar-refractivity contribution in [3.05, 3.63) is 71.1 Å². The Balaban J connectivity index is 1.72. The molecule has 0 fully saturated rings. The fraction of sp³-hybridized carbons (Fsp3) is 0.261. The van der Waals surface area contributed by atoms with Crippen molar-refractivity contribution in [2.24, 2.45) is 0 Å². The average Bonchev–Trinajstić information content (AvgIpc) is 3.25. The van der Waals surface area contributed by atoms with Gasteiger partial charge in [-0.25, -0.2) is 0 Å². The van der Waals surface area contributed by atoms with Gasteiger partial charge in [0.2, 0.25) is 0 Å². The number of hydrogen-bond donors (Lipinski definition) is 2. The van der Waals surface area contributed by atoms with Crippen molar-refractivity contribution in [2.75, 3.05) is 11.1 Å². The van der Waals surface area contributed by atoms with Crippen LogP contribution in [0.15, 0.2) is 60.0 Å². The van der Waals surface area contributed by atoms with Crippen LogP contribution < -0.4 is 11.1 Å². The molecule has 0 saturated heterocycles. The van der Waals surface area contributed by atoms with Crippen LogP contribution in [0.5, 0.6) is 0 Å². The van der Waals surface area contributed by atoms with Crippen LogP contribution >= 0.6 is 20.0 Å². The standard InChI is InChI=1S/C23H25N2O3PS/c1-3-12-23(2,28-29-27)15-16-6-8-17(9-7-16)22(26)25-20-14-18(10-11-19(20)24)21-5-4-13-30-21/h4-11,13-14,29H,3,12,15,24H2,1-2H3/p+1. The fourth-order valence-electron chi connectivity index (χ4n) is 3.47. The Morgan fingerprint density at radius 1 is 1.20 bits per heavy atom. The molecule has 5 nitrogen and oxygen atoms in total. The molecule has 0 aliphatic rings. The number of hydrogen-bond acceptors (Lipinski definition) is 5. The van der Waals surface area contributed by atoms with Gasteiger partial charge in [0, 0.05) is 16.9 Å². The van der Waals surface area contributed by atoms with Crippen molar-refractivity contribution >= 4 is 37.3 Å². The van der Waals surface area contributed by atoms with Crippen LogP contribution in [-0.2, 0) is 15.5 Å². The quantitative estimate of drug-likeness (QED) is 0.301. The summed E-state index contributed by atoms with van der Waals surface area (Å²) in [5.41, 5.74) is 9.29. The van der Waals surface area contributed by atoms with Crippen LogP contribution in [0.25, 0.3) is 10.4 Å². The van der Waals surface area contributed by atoms with Gasteiger partial charge >= 0.3 is 8.69 Å². The van der Waals surface area contributed by atoms with E-state index in [1.165, 1.54) is 0 Å². The van der Waals surface area contributed by atoms with Gasteiger partial charge in [-0.05, 0) is 64.7 Å². The minimum atomic E-state index is -0.788. The minimum Gasteiger partial charge on any atom is -0.397 e. The predicted molar refractivity (Wildman–Crippen MR) is 126 cm³/mol. The smallest absolute Gasteiger partial charge is 0.397 e. The minimum absolute atomic E-state index is 0.217. The Morgan fingerprint density at radius 3 is 2.60 bits per heavy atom. The summed E-state index contributed by atoms with van der Waals surface area (Å²) in [4.78, 5) is 13.9. The molecule has 3 rings (SSSR count). The zero-order chi connectivity index (χ0) is 21.6. The maximum Gasteiger partial charge on any atom is 0.494 e. The molecule has 156 valence electrons. The lowest BCUT2D eigenvalue weighted by atomic mass is 9.92. The number of amides is 1. The molecular formula is C23H26N2O3PS+. The molecule has 1 amide bonds. The molecular weight excluding hydrogens is 415 g/mol.